The fourth-order valence-electron chi connectivity index (χ4n) is 0.749. The third-order valence-electron chi connectivity index (χ3n) is 1.19. The molecule has 0 aromatic carbocycles. The maximum atomic E-state index is 4.05. The summed E-state index contributed by atoms with van der Waals surface area (Å²) in [5.41, 5.74) is 0. The van der Waals surface area contributed by atoms with Gasteiger partial charge in [-0.2, -0.15) is 10.1 Å². The van der Waals surface area contributed by atoms with Crippen LogP contribution >= 0.6 is 0 Å². The van der Waals surface area contributed by atoms with Gasteiger partial charge in [0.1, 0.15) is 5.82 Å². The first-order valence-electron chi connectivity index (χ1n) is 6.48. The van der Waals surface area contributed by atoms with Crippen LogP contribution in [0, 0.1) is 6.92 Å². The zero-order chi connectivity index (χ0) is 15.0. The van der Waals surface area contributed by atoms with Gasteiger partial charge in [0.15, 0.2) is 0 Å². The zero-order valence-electron chi connectivity index (χ0n) is 12.9. The van der Waals surface area contributed by atoms with E-state index in [0.29, 0.717) is 11.8 Å². The number of allylic oxidation sites excluding steroid dienone is 1. The molecule has 4 nitrogen and oxygen atoms in total. The Morgan fingerprint density at radius 2 is 1.56 bits per heavy atom. The lowest BCUT2D eigenvalue weighted by Crippen LogP contribution is -1.87. The summed E-state index contributed by atoms with van der Waals surface area (Å²) in [5, 5.41) is 4.02. The Bertz CT molecular complexity index is 325. The van der Waals surface area contributed by atoms with E-state index in [9.17, 15) is 0 Å². The van der Waals surface area contributed by atoms with Crippen molar-refractivity contribution in [2.24, 2.45) is 4.99 Å². The minimum Gasteiger partial charge on any atom is -0.220 e. The summed E-state index contributed by atoms with van der Waals surface area (Å²) < 4.78 is 1.51. The van der Waals surface area contributed by atoms with Crippen LogP contribution in [-0.2, 0) is 0 Å². The Morgan fingerprint density at radius 3 is 1.94 bits per heavy atom. The predicted molar refractivity (Wildman–Crippen MR) is 83.5 cm³/mol. The molecule has 1 aromatic heterocycles. The highest BCUT2D eigenvalue weighted by Gasteiger charge is 2.00. The van der Waals surface area contributed by atoms with E-state index in [1.54, 1.807) is 25.4 Å². The zero-order valence-corrected chi connectivity index (χ0v) is 12.9. The van der Waals surface area contributed by atoms with Crippen LogP contribution in [0.15, 0.2) is 24.2 Å². The summed E-state index contributed by atoms with van der Waals surface area (Å²) in [4.78, 5) is 8.05. The van der Waals surface area contributed by atoms with Crippen LogP contribution in [0.5, 0.6) is 0 Å². The second-order valence-electron chi connectivity index (χ2n) is 2.10. The molecule has 1 rings (SSSR count). The highest BCUT2D eigenvalue weighted by molar-refractivity contribution is 5.72. The molecule has 104 valence electrons. The van der Waals surface area contributed by atoms with Gasteiger partial charge in [-0.15, -0.1) is 0 Å². The van der Waals surface area contributed by atoms with Gasteiger partial charge in [0.2, 0.25) is 0 Å². The van der Waals surface area contributed by atoms with Crippen molar-refractivity contribution >= 4 is 18.4 Å². The molecule has 0 radical (unpaired) electrons. The van der Waals surface area contributed by atoms with E-state index < -0.39 is 0 Å². The first-order valence-corrected chi connectivity index (χ1v) is 6.48. The topological polar surface area (TPSA) is 43.1 Å². The first kappa shape index (κ1) is 21.6. The number of hydrogen-bond acceptors (Lipinski definition) is 3. The van der Waals surface area contributed by atoms with Crippen LogP contribution in [-0.4, -0.2) is 21.0 Å². The third-order valence-corrected chi connectivity index (χ3v) is 1.19. The lowest BCUT2D eigenvalue weighted by Gasteiger charge is -1.89. The molecule has 0 aliphatic rings. The summed E-state index contributed by atoms with van der Waals surface area (Å²) in [6.07, 6.45) is 4.69. The molecule has 1 aromatic rings. The number of aromatic nitrogens is 3. The Kier molecular flexibility index (Phi) is 21.2. The van der Waals surface area contributed by atoms with Crippen molar-refractivity contribution in [2.45, 2.75) is 48.5 Å². The van der Waals surface area contributed by atoms with E-state index in [0.717, 1.165) is 0 Å². The Morgan fingerprint density at radius 1 is 1.06 bits per heavy atom. The fourth-order valence-corrected chi connectivity index (χ4v) is 0.749. The van der Waals surface area contributed by atoms with E-state index in [1.807, 2.05) is 41.5 Å². The summed E-state index contributed by atoms with van der Waals surface area (Å²) >= 11 is 0. The molecule has 0 N–H and O–H groups in total. The Balaban J connectivity index is -0.000000328. The number of rotatable bonds is 3. The molecule has 0 aliphatic heterocycles. The predicted octanol–water partition coefficient (Wildman–Crippen LogP) is 4.65. The van der Waals surface area contributed by atoms with Crippen molar-refractivity contribution in [1.82, 2.24) is 14.8 Å². The maximum absolute atomic E-state index is 4.05. The Hall–Kier alpha value is -1.71. The summed E-state index contributed by atoms with van der Waals surface area (Å²) in [6, 6.07) is 0. The molecule has 4 heteroatoms. The highest BCUT2D eigenvalue weighted by atomic mass is 15.4. The van der Waals surface area contributed by atoms with E-state index in [4.69, 9.17) is 0 Å². The highest BCUT2D eigenvalue weighted by Crippen LogP contribution is 2.07. The van der Waals surface area contributed by atoms with Gasteiger partial charge in [-0.05, 0) is 6.92 Å². The molecule has 1 heterocycles. The van der Waals surface area contributed by atoms with Crippen LogP contribution in [0.1, 0.15) is 47.4 Å². The van der Waals surface area contributed by atoms with Crippen molar-refractivity contribution in [3.63, 3.8) is 0 Å². The number of nitrogens with zero attached hydrogens (tertiary/aromatic N) is 4. The molecular weight excluding hydrogens is 224 g/mol. The number of aryl methyl sites for hydroxylation is 1. The van der Waals surface area contributed by atoms with Gasteiger partial charge in [-0.1, -0.05) is 60.8 Å². The second kappa shape index (κ2) is 17.7. The standard InChI is InChI=1S/C8H10N4.3C2H6/c1-4-6-9-8-10-7(3)11-12(8)5-2;3*1-2/h4-6H,1-2H2,3H3;3*1-2H3/b9-6-;;;. The maximum Gasteiger partial charge on any atom is 0.252 e. The van der Waals surface area contributed by atoms with Gasteiger partial charge in [0, 0.05) is 12.4 Å². The van der Waals surface area contributed by atoms with Gasteiger partial charge < -0.3 is 0 Å². The van der Waals surface area contributed by atoms with Gasteiger partial charge in [0.25, 0.3) is 5.95 Å². The van der Waals surface area contributed by atoms with Crippen LogP contribution in [0.3, 0.4) is 0 Å². The van der Waals surface area contributed by atoms with Crippen molar-refractivity contribution in [1.29, 1.82) is 0 Å². The summed E-state index contributed by atoms with van der Waals surface area (Å²) in [7, 11) is 0. The molecule has 0 spiro atoms. The molecule has 0 amide bonds. The third kappa shape index (κ3) is 9.51. The van der Waals surface area contributed by atoms with E-state index in [1.165, 1.54) is 4.68 Å². The van der Waals surface area contributed by atoms with Gasteiger partial charge in [0.05, 0.1) is 0 Å². The second-order valence-corrected chi connectivity index (χ2v) is 2.10. The molecule has 18 heavy (non-hydrogen) atoms. The van der Waals surface area contributed by atoms with Crippen molar-refractivity contribution in [3.8, 4) is 0 Å². The van der Waals surface area contributed by atoms with Crippen LogP contribution in [0.2, 0.25) is 0 Å². The average Bonchev–Trinajstić information content (AvgIpc) is 2.83. The smallest absolute Gasteiger partial charge is 0.220 e. The van der Waals surface area contributed by atoms with Crippen molar-refractivity contribution in [3.05, 3.63) is 25.1 Å². The molecule has 0 saturated carbocycles. The largest absolute Gasteiger partial charge is 0.252 e. The van der Waals surface area contributed by atoms with Crippen molar-refractivity contribution < 1.29 is 0 Å². The Labute approximate surface area is 112 Å². The number of hydrogen-bond donors (Lipinski definition) is 0. The molecule has 0 saturated heterocycles. The summed E-state index contributed by atoms with van der Waals surface area (Å²) in [5.74, 6) is 1.19. The number of aliphatic imine (C=N–C) groups is 1. The lowest BCUT2D eigenvalue weighted by molar-refractivity contribution is 0.913. The van der Waals surface area contributed by atoms with Crippen LogP contribution in [0.4, 0.5) is 5.95 Å². The lowest BCUT2D eigenvalue weighted by atomic mass is 10.7. The van der Waals surface area contributed by atoms with E-state index in [2.05, 4.69) is 28.2 Å². The molecule has 0 fully saturated rings. The normalized spacial score (nSPS) is 7.94. The fraction of sp³-hybridized carbons (Fsp3) is 0.500. The first-order chi connectivity index (χ1) is 8.77. The van der Waals surface area contributed by atoms with Gasteiger partial charge >= 0.3 is 0 Å². The van der Waals surface area contributed by atoms with Crippen LogP contribution in [0.25, 0.3) is 6.20 Å². The summed E-state index contributed by atoms with van der Waals surface area (Å²) in [6.45, 7) is 20.9. The van der Waals surface area contributed by atoms with Gasteiger partial charge in [-0.25, -0.2) is 9.67 Å². The quantitative estimate of drug-likeness (QED) is 0.735. The molecule has 0 bridgehead atoms. The van der Waals surface area contributed by atoms with E-state index >= 15 is 0 Å². The van der Waals surface area contributed by atoms with Crippen molar-refractivity contribution in [2.75, 3.05) is 0 Å². The minimum absolute atomic E-state index is 0.516. The van der Waals surface area contributed by atoms with Gasteiger partial charge in [-0.3, -0.25) is 0 Å². The molecular formula is C14H28N4. The minimum atomic E-state index is 0.516. The SMILES string of the molecule is C=C/C=N\c1nc(C)nn1C=C.CC.CC.CC. The monoisotopic (exact) mass is 252 g/mol. The molecule has 0 unspecified atom stereocenters. The van der Waals surface area contributed by atoms with E-state index in [-0.39, 0.29) is 0 Å². The van der Waals surface area contributed by atoms with Crippen LogP contribution < -0.4 is 0 Å². The molecule has 0 atom stereocenters. The average molecular weight is 252 g/mol. The molecule has 0 aliphatic carbocycles.